The van der Waals surface area contributed by atoms with Crippen LogP contribution in [0.15, 0.2) is 81.8 Å². The maximum absolute atomic E-state index is 13.3. The first-order valence-corrected chi connectivity index (χ1v) is 12.2. The lowest BCUT2D eigenvalue weighted by Gasteiger charge is -2.13. The van der Waals surface area contributed by atoms with Gasteiger partial charge in [-0.25, -0.2) is 10.4 Å². The van der Waals surface area contributed by atoms with E-state index < -0.39 is 0 Å². The first kappa shape index (κ1) is 24.8. The number of nitrogens with zero attached hydrogens (tertiary/aromatic N) is 3. The molecule has 1 N–H and O–H groups in total. The zero-order valence-corrected chi connectivity index (χ0v) is 21.1. The Kier molecular flexibility index (Phi) is 7.75. The number of thioether (sulfide) groups is 1. The van der Waals surface area contributed by atoms with Crippen LogP contribution < -0.4 is 15.7 Å². The summed E-state index contributed by atoms with van der Waals surface area (Å²) in [6, 6.07) is 19.3. The largest absolute Gasteiger partial charge is 0.497 e. The summed E-state index contributed by atoms with van der Waals surface area (Å²) in [4.78, 5) is 30.5. The molecule has 0 aliphatic heterocycles. The van der Waals surface area contributed by atoms with E-state index in [-0.39, 0.29) is 17.2 Å². The van der Waals surface area contributed by atoms with E-state index in [1.54, 1.807) is 74.7 Å². The van der Waals surface area contributed by atoms with Crippen molar-refractivity contribution in [3.63, 3.8) is 0 Å². The molecule has 0 spiro atoms. The van der Waals surface area contributed by atoms with Crippen LogP contribution in [0, 0.1) is 0 Å². The van der Waals surface area contributed by atoms with Crippen molar-refractivity contribution in [3.8, 4) is 11.4 Å². The number of fused-ring (bicyclic) bond motifs is 1. The fourth-order valence-corrected chi connectivity index (χ4v) is 4.37. The predicted molar refractivity (Wildman–Crippen MR) is 141 cm³/mol. The molecule has 0 aliphatic carbocycles. The molecule has 0 fully saturated rings. The Morgan fingerprint density at radius 3 is 2.54 bits per heavy atom. The highest BCUT2D eigenvalue weighted by atomic mass is 35.5. The highest BCUT2D eigenvalue weighted by Crippen LogP contribution is 2.24. The molecule has 35 heavy (non-hydrogen) atoms. The van der Waals surface area contributed by atoms with E-state index in [1.165, 1.54) is 4.57 Å². The normalized spacial score (nSPS) is 11.5. The molecule has 10 heteroatoms. The Morgan fingerprint density at radius 1 is 1.09 bits per heavy atom. The Morgan fingerprint density at radius 2 is 1.83 bits per heavy atom. The van der Waals surface area contributed by atoms with Crippen LogP contribution in [-0.4, -0.2) is 34.0 Å². The fraction of sp³-hybridized carbons (Fsp3) is 0.120. The van der Waals surface area contributed by atoms with E-state index in [4.69, 9.17) is 27.9 Å². The van der Waals surface area contributed by atoms with Gasteiger partial charge in [0.05, 0.1) is 45.2 Å². The van der Waals surface area contributed by atoms with E-state index in [9.17, 15) is 9.59 Å². The summed E-state index contributed by atoms with van der Waals surface area (Å²) in [6.07, 6.45) is 0. The zero-order chi connectivity index (χ0) is 24.9. The van der Waals surface area contributed by atoms with Crippen LogP contribution in [0.5, 0.6) is 5.75 Å². The fourth-order valence-electron chi connectivity index (χ4n) is 3.26. The summed E-state index contributed by atoms with van der Waals surface area (Å²) in [7, 11) is 1.57. The third kappa shape index (κ3) is 5.67. The molecule has 1 amide bonds. The quantitative estimate of drug-likeness (QED) is 0.152. The smallest absolute Gasteiger partial charge is 0.266 e. The number of rotatable bonds is 7. The van der Waals surface area contributed by atoms with Gasteiger partial charge in [0.15, 0.2) is 5.16 Å². The average Bonchev–Trinajstić information content (AvgIpc) is 2.88. The van der Waals surface area contributed by atoms with Crippen LogP contribution in [0.3, 0.4) is 0 Å². The van der Waals surface area contributed by atoms with Gasteiger partial charge in [-0.1, -0.05) is 53.2 Å². The second-order valence-electron chi connectivity index (χ2n) is 7.40. The summed E-state index contributed by atoms with van der Waals surface area (Å²) in [6.45, 7) is 1.75. The van der Waals surface area contributed by atoms with Gasteiger partial charge in [-0.15, -0.1) is 0 Å². The van der Waals surface area contributed by atoms with Crippen LogP contribution in [0.4, 0.5) is 0 Å². The molecule has 0 saturated heterocycles. The number of carbonyl (C=O) groups is 1. The third-order valence-corrected chi connectivity index (χ3v) is 6.77. The SMILES string of the molecule is COc1ccc(-n2c(SCC(=O)NN=C(C)c3ccc(Cl)c(Cl)c3)nc3ccccc3c2=O)cc1. The van der Waals surface area contributed by atoms with E-state index >= 15 is 0 Å². The molecule has 178 valence electrons. The summed E-state index contributed by atoms with van der Waals surface area (Å²) in [5, 5.41) is 5.86. The zero-order valence-electron chi connectivity index (χ0n) is 18.8. The molecular weight excluding hydrogens is 507 g/mol. The number of hydrazone groups is 1. The molecule has 4 rings (SSSR count). The summed E-state index contributed by atoms with van der Waals surface area (Å²) < 4.78 is 6.71. The van der Waals surface area contributed by atoms with Crippen molar-refractivity contribution in [2.75, 3.05) is 12.9 Å². The molecule has 1 aromatic heterocycles. The Labute approximate surface area is 215 Å². The molecule has 3 aromatic carbocycles. The van der Waals surface area contributed by atoms with Crippen LogP contribution in [-0.2, 0) is 4.79 Å². The molecule has 1 heterocycles. The summed E-state index contributed by atoms with van der Waals surface area (Å²) >= 11 is 13.1. The number of hydrogen-bond acceptors (Lipinski definition) is 6. The third-order valence-electron chi connectivity index (χ3n) is 5.09. The number of para-hydroxylation sites is 1. The number of carbonyl (C=O) groups excluding carboxylic acids is 1. The van der Waals surface area contributed by atoms with Gasteiger partial charge < -0.3 is 4.74 Å². The van der Waals surface area contributed by atoms with Gasteiger partial charge in [-0.2, -0.15) is 5.10 Å². The number of ether oxygens (including phenoxy) is 1. The van der Waals surface area contributed by atoms with Crippen molar-refractivity contribution in [2.45, 2.75) is 12.1 Å². The number of halogens is 2. The number of amides is 1. The topological polar surface area (TPSA) is 85.6 Å². The van der Waals surface area contributed by atoms with E-state index in [0.29, 0.717) is 43.3 Å². The lowest BCUT2D eigenvalue weighted by atomic mass is 10.1. The first-order chi connectivity index (χ1) is 16.9. The minimum absolute atomic E-state index is 0.000904. The second kappa shape index (κ2) is 10.9. The molecular formula is C25H20Cl2N4O3S. The van der Waals surface area contributed by atoms with E-state index in [1.807, 2.05) is 6.07 Å². The van der Waals surface area contributed by atoms with Crippen LogP contribution in [0.2, 0.25) is 10.0 Å². The van der Waals surface area contributed by atoms with Crippen molar-refractivity contribution >= 4 is 57.5 Å². The monoisotopic (exact) mass is 526 g/mol. The van der Waals surface area contributed by atoms with E-state index in [2.05, 4.69) is 15.5 Å². The van der Waals surface area contributed by atoms with Crippen molar-refractivity contribution in [1.29, 1.82) is 0 Å². The van der Waals surface area contributed by atoms with Crippen LogP contribution >= 0.6 is 35.0 Å². The molecule has 0 unspecified atom stereocenters. The highest BCUT2D eigenvalue weighted by Gasteiger charge is 2.15. The molecule has 0 atom stereocenters. The number of benzene rings is 3. The number of aromatic nitrogens is 2. The molecule has 4 aromatic rings. The van der Waals surface area contributed by atoms with Gasteiger partial charge in [0.2, 0.25) is 0 Å². The Hall–Kier alpha value is -3.33. The molecule has 0 radical (unpaired) electrons. The first-order valence-electron chi connectivity index (χ1n) is 10.4. The molecule has 0 aliphatic rings. The van der Waals surface area contributed by atoms with Gasteiger partial charge >= 0.3 is 0 Å². The Bertz CT molecular complexity index is 1490. The van der Waals surface area contributed by atoms with Crippen molar-refractivity contribution in [3.05, 3.63) is 92.7 Å². The molecule has 0 bridgehead atoms. The molecule has 7 nitrogen and oxygen atoms in total. The lowest BCUT2D eigenvalue weighted by molar-refractivity contribution is -0.118. The number of hydrogen-bond donors (Lipinski definition) is 1. The molecule has 0 saturated carbocycles. The van der Waals surface area contributed by atoms with E-state index in [0.717, 1.165) is 17.3 Å². The Balaban J connectivity index is 1.57. The minimum Gasteiger partial charge on any atom is -0.497 e. The van der Waals surface area contributed by atoms with Crippen molar-refractivity contribution in [1.82, 2.24) is 15.0 Å². The lowest BCUT2D eigenvalue weighted by Crippen LogP contribution is -2.24. The van der Waals surface area contributed by atoms with Gasteiger partial charge in [-0.3, -0.25) is 14.2 Å². The number of nitrogens with one attached hydrogen (secondary N) is 1. The van der Waals surface area contributed by atoms with Crippen LogP contribution in [0.1, 0.15) is 12.5 Å². The standard InChI is InChI=1S/C25H20Cl2N4O3S/c1-15(16-7-12-20(26)21(27)13-16)29-30-23(32)14-35-25-28-22-6-4-3-5-19(22)24(33)31(25)17-8-10-18(34-2)11-9-17/h3-13H,14H2,1-2H3,(H,30,32). The van der Waals surface area contributed by atoms with Crippen LogP contribution in [0.25, 0.3) is 16.6 Å². The van der Waals surface area contributed by atoms with Gasteiger partial charge in [-0.05, 0) is 61.0 Å². The number of methoxy groups -OCH3 is 1. The highest BCUT2D eigenvalue weighted by molar-refractivity contribution is 7.99. The van der Waals surface area contributed by atoms with Gasteiger partial charge in [0.25, 0.3) is 11.5 Å². The maximum Gasteiger partial charge on any atom is 0.266 e. The minimum atomic E-state index is -0.349. The van der Waals surface area contributed by atoms with Gasteiger partial charge in [0, 0.05) is 0 Å². The predicted octanol–water partition coefficient (Wildman–Crippen LogP) is 5.33. The average molecular weight is 527 g/mol. The second-order valence-corrected chi connectivity index (χ2v) is 9.16. The summed E-state index contributed by atoms with van der Waals surface area (Å²) in [5.74, 6) is 0.316. The van der Waals surface area contributed by atoms with Crippen molar-refractivity contribution < 1.29 is 9.53 Å². The van der Waals surface area contributed by atoms with Gasteiger partial charge in [0.1, 0.15) is 5.75 Å². The maximum atomic E-state index is 13.3. The summed E-state index contributed by atoms with van der Waals surface area (Å²) in [5.41, 5.74) is 4.78. The van der Waals surface area contributed by atoms with Crippen molar-refractivity contribution in [2.24, 2.45) is 5.10 Å².